The van der Waals surface area contributed by atoms with Gasteiger partial charge in [-0.05, 0) is 52.3 Å². The molecule has 1 aromatic carbocycles. The molecule has 1 N–H and O–H groups in total. The molecule has 0 radical (unpaired) electrons. The quantitative estimate of drug-likeness (QED) is 0.665. The number of anilines is 1. The highest BCUT2D eigenvalue weighted by Gasteiger charge is 2.13. The van der Waals surface area contributed by atoms with E-state index in [9.17, 15) is 4.79 Å². The van der Waals surface area contributed by atoms with Gasteiger partial charge in [-0.25, -0.2) is 4.98 Å². The van der Waals surface area contributed by atoms with Gasteiger partial charge in [0, 0.05) is 10.7 Å². The van der Waals surface area contributed by atoms with Crippen LogP contribution in [0.3, 0.4) is 0 Å². The van der Waals surface area contributed by atoms with Gasteiger partial charge in [-0.15, -0.1) is 0 Å². The van der Waals surface area contributed by atoms with Crippen molar-refractivity contribution in [2.24, 2.45) is 0 Å². The third kappa shape index (κ3) is 4.39. The molecule has 0 atom stereocenters. The molecule has 0 fully saturated rings. The van der Waals surface area contributed by atoms with Gasteiger partial charge in [0.25, 0.3) is 5.91 Å². The Bertz CT molecular complexity index is 862. The summed E-state index contributed by atoms with van der Waals surface area (Å²) in [5.74, 6) is 2.01. The van der Waals surface area contributed by atoms with Crippen molar-refractivity contribution in [3.8, 4) is 11.5 Å². The summed E-state index contributed by atoms with van der Waals surface area (Å²) in [6.07, 6.45) is 1.60. The molecule has 25 heavy (non-hydrogen) atoms. The molecule has 0 saturated carbocycles. The average molecular weight is 403 g/mol. The number of benzene rings is 1. The molecule has 0 saturated heterocycles. The third-order valence-corrected chi connectivity index (χ3v) is 3.76. The maximum Gasteiger partial charge on any atom is 0.292 e. The van der Waals surface area contributed by atoms with Crippen molar-refractivity contribution in [2.75, 3.05) is 12.4 Å². The Balaban J connectivity index is 1.61. The van der Waals surface area contributed by atoms with Crippen LogP contribution in [-0.2, 0) is 6.61 Å². The number of hydrogen-bond acceptors (Lipinski definition) is 5. The normalized spacial score (nSPS) is 10.3. The number of hydrogen-bond donors (Lipinski definition) is 1. The Labute approximate surface area is 152 Å². The van der Waals surface area contributed by atoms with Crippen LogP contribution in [0.4, 0.5) is 5.82 Å². The maximum atomic E-state index is 12.2. The van der Waals surface area contributed by atoms with Gasteiger partial charge in [-0.3, -0.25) is 4.79 Å². The lowest BCUT2D eigenvalue weighted by Gasteiger charge is -2.08. The molecule has 0 bridgehead atoms. The molecule has 2 heterocycles. The second-order valence-corrected chi connectivity index (χ2v) is 5.94. The van der Waals surface area contributed by atoms with Crippen LogP contribution in [0.2, 0.25) is 0 Å². The standard InChI is InChI=1S/C18H15BrN2O4/c1-23-14-4-2-3-5-15(14)24-11-13-7-8-16(25-13)18(22)21-17-9-6-12(19)10-20-17/h2-10H,11H2,1H3,(H,20,21,22). The van der Waals surface area contributed by atoms with Crippen molar-refractivity contribution < 1.29 is 18.7 Å². The maximum absolute atomic E-state index is 12.2. The fourth-order valence-electron chi connectivity index (χ4n) is 2.09. The van der Waals surface area contributed by atoms with Crippen molar-refractivity contribution in [1.82, 2.24) is 4.98 Å². The van der Waals surface area contributed by atoms with Crippen molar-refractivity contribution in [3.05, 3.63) is 70.7 Å². The Morgan fingerprint density at radius 1 is 1.16 bits per heavy atom. The summed E-state index contributed by atoms with van der Waals surface area (Å²) in [6, 6.07) is 14.1. The first-order chi connectivity index (χ1) is 12.2. The number of carbonyl (C=O) groups is 1. The van der Waals surface area contributed by atoms with Crippen LogP contribution in [0.25, 0.3) is 0 Å². The number of furan rings is 1. The van der Waals surface area contributed by atoms with Crippen molar-refractivity contribution in [1.29, 1.82) is 0 Å². The lowest BCUT2D eigenvalue weighted by Crippen LogP contribution is -2.11. The Morgan fingerprint density at radius 3 is 2.68 bits per heavy atom. The zero-order valence-corrected chi connectivity index (χ0v) is 14.9. The molecule has 0 aliphatic heterocycles. The monoisotopic (exact) mass is 402 g/mol. The fraction of sp³-hybridized carbons (Fsp3) is 0.111. The summed E-state index contributed by atoms with van der Waals surface area (Å²) < 4.78 is 17.2. The number of nitrogens with zero attached hydrogens (tertiary/aromatic N) is 1. The molecular weight excluding hydrogens is 388 g/mol. The zero-order valence-electron chi connectivity index (χ0n) is 13.4. The van der Waals surface area contributed by atoms with Crippen LogP contribution in [0.5, 0.6) is 11.5 Å². The van der Waals surface area contributed by atoms with Gasteiger partial charge < -0.3 is 19.2 Å². The molecule has 3 aromatic rings. The van der Waals surface area contributed by atoms with Gasteiger partial charge in [-0.2, -0.15) is 0 Å². The summed E-state index contributed by atoms with van der Waals surface area (Å²) in [5.41, 5.74) is 0. The smallest absolute Gasteiger partial charge is 0.292 e. The lowest BCUT2D eigenvalue weighted by atomic mass is 10.3. The number of halogens is 1. The highest BCUT2D eigenvalue weighted by Crippen LogP contribution is 2.26. The SMILES string of the molecule is COc1ccccc1OCc1ccc(C(=O)Nc2ccc(Br)cn2)o1. The molecule has 1 amide bonds. The molecule has 0 aliphatic carbocycles. The second kappa shape index (κ2) is 7.85. The zero-order chi connectivity index (χ0) is 17.6. The Hall–Kier alpha value is -2.80. The van der Waals surface area contributed by atoms with Gasteiger partial charge in [-0.1, -0.05) is 12.1 Å². The number of amides is 1. The average Bonchev–Trinajstić information content (AvgIpc) is 3.11. The van der Waals surface area contributed by atoms with Crippen LogP contribution in [0, 0.1) is 0 Å². The highest BCUT2D eigenvalue weighted by molar-refractivity contribution is 9.10. The lowest BCUT2D eigenvalue weighted by molar-refractivity contribution is 0.0992. The molecule has 6 nitrogen and oxygen atoms in total. The number of nitrogens with one attached hydrogen (secondary N) is 1. The third-order valence-electron chi connectivity index (χ3n) is 3.29. The minimum absolute atomic E-state index is 0.184. The first kappa shape index (κ1) is 17.0. The van der Waals surface area contributed by atoms with E-state index >= 15 is 0 Å². The van der Waals surface area contributed by atoms with E-state index in [0.29, 0.717) is 23.1 Å². The van der Waals surface area contributed by atoms with Gasteiger partial charge in [0.2, 0.25) is 0 Å². The van der Waals surface area contributed by atoms with E-state index in [-0.39, 0.29) is 18.3 Å². The molecule has 0 spiro atoms. The minimum atomic E-state index is -0.377. The number of pyridine rings is 1. The molecule has 7 heteroatoms. The van der Waals surface area contributed by atoms with E-state index < -0.39 is 0 Å². The summed E-state index contributed by atoms with van der Waals surface area (Å²) in [7, 11) is 1.58. The van der Waals surface area contributed by atoms with Crippen LogP contribution in [-0.4, -0.2) is 18.0 Å². The number of rotatable bonds is 6. The van der Waals surface area contributed by atoms with Crippen molar-refractivity contribution >= 4 is 27.7 Å². The largest absolute Gasteiger partial charge is 0.493 e. The van der Waals surface area contributed by atoms with E-state index in [4.69, 9.17) is 13.9 Å². The van der Waals surface area contributed by atoms with Crippen LogP contribution >= 0.6 is 15.9 Å². The van der Waals surface area contributed by atoms with E-state index in [1.54, 1.807) is 43.6 Å². The minimum Gasteiger partial charge on any atom is -0.493 e. The number of methoxy groups -OCH3 is 1. The number of carbonyl (C=O) groups excluding carboxylic acids is 1. The Morgan fingerprint density at radius 2 is 1.96 bits per heavy atom. The highest BCUT2D eigenvalue weighted by atomic mass is 79.9. The van der Waals surface area contributed by atoms with Gasteiger partial charge in [0.1, 0.15) is 18.2 Å². The first-order valence-electron chi connectivity index (χ1n) is 7.43. The summed E-state index contributed by atoms with van der Waals surface area (Å²) in [6.45, 7) is 0.185. The van der Waals surface area contributed by atoms with Gasteiger partial charge >= 0.3 is 0 Å². The van der Waals surface area contributed by atoms with E-state index in [0.717, 1.165) is 4.47 Å². The second-order valence-electron chi connectivity index (χ2n) is 5.02. The fourth-order valence-corrected chi connectivity index (χ4v) is 2.33. The topological polar surface area (TPSA) is 73.6 Å². The van der Waals surface area contributed by atoms with Crippen LogP contribution in [0.15, 0.2) is 63.6 Å². The molecular formula is C18H15BrN2O4. The summed E-state index contributed by atoms with van der Waals surface area (Å²) in [4.78, 5) is 16.3. The van der Waals surface area contributed by atoms with Crippen molar-refractivity contribution in [2.45, 2.75) is 6.61 Å². The molecule has 3 rings (SSSR count). The van der Waals surface area contributed by atoms with Crippen LogP contribution in [0.1, 0.15) is 16.3 Å². The number of ether oxygens (including phenoxy) is 2. The van der Waals surface area contributed by atoms with Crippen molar-refractivity contribution in [3.63, 3.8) is 0 Å². The number of para-hydroxylation sites is 2. The van der Waals surface area contributed by atoms with E-state index in [1.807, 2.05) is 18.2 Å². The molecule has 0 aliphatic rings. The first-order valence-corrected chi connectivity index (χ1v) is 8.22. The predicted octanol–water partition coefficient (Wildman–Crippen LogP) is 4.28. The van der Waals surface area contributed by atoms with Gasteiger partial charge in [0.15, 0.2) is 17.3 Å². The molecule has 128 valence electrons. The number of aromatic nitrogens is 1. The summed E-state index contributed by atoms with van der Waals surface area (Å²) >= 11 is 3.29. The molecule has 0 unspecified atom stereocenters. The molecule has 2 aromatic heterocycles. The van der Waals surface area contributed by atoms with E-state index in [2.05, 4.69) is 26.2 Å². The predicted molar refractivity (Wildman–Crippen MR) is 95.9 cm³/mol. The van der Waals surface area contributed by atoms with Gasteiger partial charge in [0.05, 0.1) is 7.11 Å². The Kier molecular flexibility index (Phi) is 5.35. The van der Waals surface area contributed by atoms with Crippen LogP contribution < -0.4 is 14.8 Å². The summed E-state index contributed by atoms with van der Waals surface area (Å²) in [5, 5.41) is 2.67. The van der Waals surface area contributed by atoms with E-state index in [1.165, 1.54) is 0 Å².